The van der Waals surface area contributed by atoms with Gasteiger partial charge >= 0.3 is 0 Å². The summed E-state index contributed by atoms with van der Waals surface area (Å²) < 4.78 is 0. The number of nitrogens with zero attached hydrogens (tertiary/aromatic N) is 2. The van der Waals surface area contributed by atoms with E-state index >= 15 is 0 Å². The summed E-state index contributed by atoms with van der Waals surface area (Å²) in [6.45, 7) is 4.69. The van der Waals surface area contributed by atoms with E-state index in [9.17, 15) is 9.59 Å². The molecule has 40 heavy (non-hydrogen) atoms. The number of nitrogens with one attached hydrogen (secondary N) is 1. The molecular weight excluding hydrogens is 518 g/mol. The molecule has 0 radical (unpaired) electrons. The van der Waals surface area contributed by atoms with Crippen molar-refractivity contribution in [1.29, 1.82) is 0 Å². The van der Waals surface area contributed by atoms with E-state index in [1.807, 2.05) is 35.2 Å². The molecular formula is C34H46ClN3O2. The Morgan fingerprint density at radius 2 is 1.62 bits per heavy atom. The first-order valence-corrected chi connectivity index (χ1v) is 15.3. The van der Waals surface area contributed by atoms with E-state index in [0.29, 0.717) is 31.7 Å². The van der Waals surface area contributed by atoms with Crippen LogP contribution in [-0.4, -0.2) is 49.4 Å². The smallest absolute Gasteiger partial charge is 0.226 e. The molecule has 5 rings (SSSR count). The molecule has 0 bridgehead atoms. The van der Waals surface area contributed by atoms with Gasteiger partial charge in [0, 0.05) is 37.0 Å². The molecule has 1 spiro atoms. The molecule has 1 heterocycles. The maximum atomic E-state index is 13.3. The maximum absolute atomic E-state index is 13.3. The number of rotatable bonds is 11. The van der Waals surface area contributed by atoms with E-state index < -0.39 is 0 Å². The third-order valence-corrected chi connectivity index (χ3v) is 9.16. The Morgan fingerprint density at radius 3 is 2.40 bits per heavy atom. The predicted octanol–water partition coefficient (Wildman–Crippen LogP) is 6.76. The van der Waals surface area contributed by atoms with Gasteiger partial charge in [0.25, 0.3) is 0 Å². The molecule has 216 valence electrons. The quantitative estimate of drug-likeness (QED) is 0.329. The Morgan fingerprint density at radius 1 is 0.900 bits per heavy atom. The standard InChI is InChI=1S/C34H45N3O2.ClH/c38-32(35-27-28-11-3-1-4-12-28)17-9-18-33(39)37(30-14-5-2-6-15-30)24-10-23-36-25-21-34(22-26-36)20-19-29-13-7-8-16-31(29)34;/h2,5-8,13-16,19-20,28H,1,3-4,9-12,17-18,21-27H2,(H,35,38);1H. The molecule has 1 saturated carbocycles. The van der Waals surface area contributed by atoms with E-state index in [-0.39, 0.29) is 29.6 Å². The number of allylic oxidation sites excluding steroid dienone is 1. The first kappa shape index (κ1) is 30.3. The van der Waals surface area contributed by atoms with Crippen molar-refractivity contribution in [3.63, 3.8) is 0 Å². The van der Waals surface area contributed by atoms with Crippen LogP contribution < -0.4 is 10.2 Å². The predicted molar refractivity (Wildman–Crippen MR) is 167 cm³/mol. The molecule has 6 heteroatoms. The minimum atomic E-state index is 0. The summed E-state index contributed by atoms with van der Waals surface area (Å²) >= 11 is 0. The molecule has 3 aliphatic rings. The largest absolute Gasteiger partial charge is 0.356 e. The first-order chi connectivity index (χ1) is 19.1. The van der Waals surface area contributed by atoms with Crippen molar-refractivity contribution in [2.45, 2.75) is 76.0 Å². The number of carbonyl (C=O) groups is 2. The Bertz CT molecular complexity index is 1120. The van der Waals surface area contributed by atoms with Crippen LogP contribution in [0.5, 0.6) is 0 Å². The second kappa shape index (κ2) is 14.8. The van der Waals surface area contributed by atoms with Crippen molar-refractivity contribution in [3.05, 3.63) is 71.8 Å². The molecule has 1 saturated heterocycles. The lowest BCUT2D eigenvalue weighted by molar-refractivity contribution is -0.121. The van der Waals surface area contributed by atoms with Crippen molar-refractivity contribution >= 4 is 36.0 Å². The van der Waals surface area contributed by atoms with E-state index in [0.717, 1.165) is 51.1 Å². The van der Waals surface area contributed by atoms with E-state index in [2.05, 4.69) is 46.6 Å². The molecule has 2 aromatic carbocycles. The van der Waals surface area contributed by atoms with Crippen LogP contribution in [-0.2, 0) is 15.0 Å². The molecule has 2 fully saturated rings. The summed E-state index contributed by atoms with van der Waals surface area (Å²) in [6.07, 6.45) is 15.8. The van der Waals surface area contributed by atoms with Crippen LogP contribution in [0.25, 0.3) is 6.08 Å². The van der Waals surface area contributed by atoms with Crippen molar-refractivity contribution < 1.29 is 9.59 Å². The third-order valence-electron chi connectivity index (χ3n) is 9.16. The number of hydrogen-bond acceptors (Lipinski definition) is 3. The van der Waals surface area contributed by atoms with E-state index in [1.165, 1.54) is 43.2 Å². The summed E-state index contributed by atoms with van der Waals surface area (Å²) in [5, 5.41) is 3.11. The van der Waals surface area contributed by atoms with Crippen LogP contribution in [0.4, 0.5) is 5.69 Å². The lowest BCUT2D eigenvalue weighted by atomic mass is 9.74. The highest BCUT2D eigenvalue weighted by Gasteiger charge is 2.37. The van der Waals surface area contributed by atoms with Gasteiger partial charge in [0.1, 0.15) is 0 Å². The minimum Gasteiger partial charge on any atom is -0.356 e. The van der Waals surface area contributed by atoms with Crippen molar-refractivity contribution in [2.24, 2.45) is 5.92 Å². The number of anilines is 1. The Kier molecular flexibility index (Phi) is 11.3. The highest BCUT2D eigenvalue weighted by Crippen LogP contribution is 2.43. The van der Waals surface area contributed by atoms with Gasteiger partial charge in [-0.1, -0.05) is 73.9 Å². The van der Waals surface area contributed by atoms with Crippen molar-refractivity contribution in [1.82, 2.24) is 10.2 Å². The highest BCUT2D eigenvalue weighted by molar-refractivity contribution is 5.93. The number of halogens is 1. The van der Waals surface area contributed by atoms with Crippen LogP contribution in [0.3, 0.4) is 0 Å². The SMILES string of the molecule is Cl.O=C(CCCC(=O)N(CCCN1CCC2(C=Cc3ccccc32)CC1)c1ccccc1)NCC1CCCCC1. The zero-order valence-corrected chi connectivity index (χ0v) is 24.7. The zero-order valence-electron chi connectivity index (χ0n) is 23.9. The van der Waals surface area contributed by atoms with Gasteiger partial charge < -0.3 is 15.1 Å². The number of benzene rings is 2. The fraction of sp³-hybridized carbons (Fsp3) is 0.529. The van der Waals surface area contributed by atoms with Crippen LogP contribution in [0.2, 0.25) is 0 Å². The van der Waals surface area contributed by atoms with Gasteiger partial charge in [-0.25, -0.2) is 0 Å². The molecule has 0 unspecified atom stereocenters. The summed E-state index contributed by atoms with van der Waals surface area (Å²) in [5.41, 5.74) is 4.04. The number of amides is 2. The number of likely N-dealkylation sites (tertiary alicyclic amines) is 1. The second-order valence-corrected chi connectivity index (χ2v) is 11.8. The molecule has 0 atom stereocenters. The number of piperidine rings is 1. The molecule has 1 aliphatic heterocycles. The normalized spacial score (nSPS) is 18.2. The topological polar surface area (TPSA) is 52.7 Å². The number of carbonyl (C=O) groups excluding carboxylic acids is 2. The fourth-order valence-electron chi connectivity index (χ4n) is 6.78. The van der Waals surface area contributed by atoms with Gasteiger partial charge in [-0.3, -0.25) is 9.59 Å². The minimum absolute atomic E-state index is 0. The van der Waals surface area contributed by atoms with Gasteiger partial charge in [-0.05, 0) is 87.3 Å². The lowest BCUT2D eigenvalue weighted by Crippen LogP contribution is -2.42. The Hall–Kier alpha value is -2.63. The average Bonchev–Trinajstić information content (AvgIpc) is 3.34. The van der Waals surface area contributed by atoms with Crippen LogP contribution in [0.1, 0.15) is 81.8 Å². The van der Waals surface area contributed by atoms with Crippen molar-refractivity contribution in [3.8, 4) is 0 Å². The summed E-state index contributed by atoms with van der Waals surface area (Å²) in [6, 6.07) is 18.8. The molecule has 5 nitrogen and oxygen atoms in total. The molecule has 2 amide bonds. The molecule has 2 aliphatic carbocycles. The van der Waals surface area contributed by atoms with Gasteiger partial charge in [0.15, 0.2) is 0 Å². The number of hydrogen-bond donors (Lipinski definition) is 1. The lowest BCUT2D eigenvalue weighted by Gasteiger charge is -2.39. The van der Waals surface area contributed by atoms with Gasteiger partial charge in [0.2, 0.25) is 11.8 Å². The van der Waals surface area contributed by atoms with E-state index in [1.54, 1.807) is 0 Å². The average molecular weight is 564 g/mol. The van der Waals surface area contributed by atoms with Gasteiger partial charge in [-0.15, -0.1) is 12.4 Å². The molecule has 1 N–H and O–H groups in total. The summed E-state index contributed by atoms with van der Waals surface area (Å²) in [5.74, 6) is 0.836. The number of para-hydroxylation sites is 1. The first-order valence-electron chi connectivity index (χ1n) is 15.3. The second-order valence-electron chi connectivity index (χ2n) is 11.8. The van der Waals surface area contributed by atoms with Gasteiger partial charge in [-0.2, -0.15) is 0 Å². The summed E-state index contributed by atoms with van der Waals surface area (Å²) in [7, 11) is 0. The van der Waals surface area contributed by atoms with Crippen LogP contribution in [0, 0.1) is 5.92 Å². The Balaban J connectivity index is 0.00000370. The maximum Gasteiger partial charge on any atom is 0.226 e. The van der Waals surface area contributed by atoms with Gasteiger partial charge in [0.05, 0.1) is 0 Å². The highest BCUT2D eigenvalue weighted by atomic mass is 35.5. The van der Waals surface area contributed by atoms with E-state index in [4.69, 9.17) is 0 Å². The molecule has 0 aromatic heterocycles. The molecule has 2 aromatic rings. The van der Waals surface area contributed by atoms with Crippen LogP contribution in [0.15, 0.2) is 60.7 Å². The monoisotopic (exact) mass is 563 g/mol. The zero-order chi connectivity index (χ0) is 26.9. The Labute approximate surface area is 246 Å². The van der Waals surface area contributed by atoms with Crippen LogP contribution >= 0.6 is 12.4 Å². The summed E-state index contributed by atoms with van der Waals surface area (Å²) in [4.78, 5) is 30.1. The fourth-order valence-corrected chi connectivity index (χ4v) is 6.78. The van der Waals surface area contributed by atoms with Crippen molar-refractivity contribution in [2.75, 3.05) is 37.6 Å². The number of fused-ring (bicyclic) bond motifs is 2. The third kappa shape index (κ3) is 7.76.